The van der Waals surface area contributed by atoms with Crippen molar-refractivity contribution in [3.05, 3.63) is 52.9 Å². The molecule has 0 N–H and O–H groups in total. The summed E-state index contributed by atoms with van der Waals surface area (Å²) in [4.78, 5) is 11.8. The van der Waals surface area contributed by atoms with Gasteiger partial charge in [0.1, 0.15) is 5.75 Å². The van der Waals surface area contributed by atoms with Gasteiger partial charge in [-0.25, -0.2) is 4.79 Å². The van der Waals surface area contributed by atoms with E-state index >= 15 is 0 Å². The maximum Gasteiger partial charge on any atom is 0.336 e. The van der Waals surface area contributed by atoms with Gasteiger partial charge in [0.2, 0.25) is 0 Å². The third-order valence-electron chi connectivity index (χ3n) is 2.94. The molecule has 0 spiro atoms. The van der Waals surface area contributed by atoms with E-state index in [9.17, 15) is 4.79 Å². The van der Waals surface area contributed by atoms with E-state index in [0.717, 1.165) is 22.3 Å². The summed E-state index contributed by atoms with van der Waals surface area (Å²) < 4.78 is 7.09. The molecule has 2 aromatic rings. The van der Waals surface area contributed by atoms with E-state index in [1.165, 1.54) is 6.08 Å². The summed E-state index contributed by atoms with van der Waals surface area (Å²) in [6.07, 6.45) is 6.61. The van der Waals surface area contributed by atoms with Crippen LogP contribution in [0.25, 0.3) is 6.08 Å². The Morgan fingerprint density at radius 3 is 2.45 bits per heavy atom. The van der Waals surface area contributed by atoms with Gasteiger partial charge >= 0.3 is 5.97 Å². The summed E-state index contributed by atoms with van der Waals surface area (Å²) in [7, 11) is 1.83. The molecule has 20 heavy (non-hydrogen) atoms. The van der Waals surface area contributed by atoms with Crippen molar-refractivity contribution in [3.63, 3.8) is 0 Å². The summed E-state index contributed by atoms with van der Waals surface area (Å²) in [5.41, 5.74) is 3.95. The second-order valence-electron chi connectivity index (χ2n) is 4.93. The molecule has 2 rings (SSSR count). The Kier molecular flexibility index (Phi) is 4.03. The Morgan fingerprint density at radius 2 is 1.90 bits per heavy atom. The number of hydrogen-bond acceptors (Lipinski definition) is 3. The van der Waals surface area contributed by atoms with Crippen molar-refractivity contribution < 1.29 is 9.53 Å². The fourth-order valence-electron chi connectivity index (χ4n) is 2.15. The molecule has 0 saturated carbocycles. The van der Waals surface area contributed by atoms with Crippen molar-refractivity contribution >= 4 is 12.0 Å². The number of aryl methyl sites for hydroxylation is 4. The number of hydrogen-bond donors (Lipinski definition) is 0. The van der Waals surface area contributed by atoms with E-state index < -0.39 is 0 Å². The van der Waals surface area contributed by atoms with Gasteiger partial charge in [-0.3, -0.25) is 4.68 Å². The lowest BCUT2D eigenvalue weighted by atomic mass is 10.1. The number of esters is 1. The second kappa shape index (κ2) is 5.74. The van der Waals surface area contributed by atoms with E-state index in [4.69, 9.17) is 4.74 Å². The normalized spacial score (nSPS) is 11.0. The van der Waals surface area contributed by atoms with Gasteiger partial charge in [-0.2, -0.15) is 5.10 Å². The number of carbonyl (C=O) groups excluding carboxylic acids is 1. The van der Waals surface area contributed by atoms with E-state index in [1.807, 2.05) is 46.1 Å². The number of benzene rings is 1. The Hall–Kier alpha value is -2.36. The Morgan fingerprint density at radius 1 is 1.25 bits per heavy atom. The van der Waals surface area contributed by atoms with Gasteiger partial charge in [0.25, 0.3) is 0 Å². The third kappa shape index (κ3) is 3.35. The molecule has 1 heterocycles. The highest BCUT2D eigenvalue weighted by molar-refractivity contribution is 5.89. The molecule has 1 aromatic carbocycles. The maximum atomic E-state index is 11.8. The molecule has 0 aliphatic heterocycles. The lowest BCUT2D eigenvalue weighted by Crippen LogP contribution is -2.06. The number of aromatic nitrogens is 2. The molecule has 0 radical (unpaired) electrons. The van der Waals surface area contributed by atoms with Crippen molar-refractivity contribution in [1.82, 2.24) is 9.78 Å². The largest absolute Gasteiger partial charge is 0.423 e. The second-order valence-corrected chi connectivity index (χ2v) is 4.93. The van der Waals surface area contributed by atoms with Crippen LogP contribution >= 0.6 is 0 Å². The molecule has 0 atom stereocenters. The van der Waals surface area contributed by atoms with Crippen LogP contribution in [0.5, 0.6) is 5.75 Å². The van der Waals surface area contributed by atoms with Gasteiger partial charge in [0.05, 0.1) is 6.20 Å². The summed E-state index contributed by atoms with van der Waals surface area (Å²) in [5.74, 6) is 0.250. The average molecular weight is 270 g/mol. The number of carbonyl (C=O) groups is 1. The zero-order chi connectivity index (χ0) is 14.7. The minimum absolute atomic E-state index is 0.385. The summed E-state index contributed by atoms with van der Waals surface area (Å²) in [6.45, 7) is 5.90. The first kappa shape index (κ1) is 14.1. The van der Waals surface area contributed by atoms with Crippen molar-refractivity contribution in [2.75, 3.05) is 0 Å². The molecule has 1 aromatic heterocycles. The molecular formula is C16H18N2O2. The minimum atomic E-state index is -0.385. The quantitative estimate of drug-likeness (QED) is 0.489. The average Bonchev–Trinajstić information content (AvgIpc) is 2.77. The molecule has 0 saturated heterocycles. The van der Waals surface area contributed by atoms with Crippen LogP contribution in [-0.2, 0) is 11.8 Å². The van der Waals surface area contributed by atoms with Crippen LogP contribution < -0.4 is 4.74 Å². The Balaban J connectivity index is 2.10. The number of ether oxygens (including phenoxy) is 1. The van der Waals surface area contributed by atoms with Crippen LogP contribution in [0, 0.1) is 20.8 Å². The molecule has 0 aliphatic carbocycles. The van der Waals surface area contributed by atoms with Crippen LogP contribution in [0.1, 0.15) is 22.3 Å². The molecule has 0 bridgehead atoms. The van der Waals surface area contributed by atoms with Crippen LogP contribution in [0.2, 0.25) is 0 Å². The van der Waals surface area contributed by atoms with Gasteiger partial charge in [-0.15, -0.1) is 0 Å². The predicted octanol–water partition coefficient (Wildman–Crippen LogP) is 2.96. The molecule has 0 aliphatic rings. The summed E-state index contributed by atoms with van der Waals surface area (Å²) >= 11 is 0. The van der Waals surface area contributed by atoms with Crippen LogP contribution in [0.15, 0.2) is 30.6 Å². The number of nitrogens with zero attached hydrogens (tertiary/aromatic N) is 2. The lowest BCUT2D eigenvalue weighted by Gasteiger charge is -2.10. The first-order chi connectivity index (χ1) is 9.45. The molecule has 4 heteroatoms. The zero-order valence-electron chi connectivity index (χ0n) is 12.2. The zero-order valence-corrected chi connectivity index (χ0v) is 12.2. The molecular weight excluding hydrogens is 252 g/mol. The highest BCUT2D eigenvalue weighted by Gasteiger charge is 2.08. The van der Waals surface area contributed by atoms with Crippen molar-refractivity contribution in [2.45, 2.75) is 20.8 Å². The van der Waals surface area contributed by atoms with Gasteiger partial charge < -0.3 is 4.74 Å². The van der Waals surface area contributed by atoms with Crippen molar-refractivity contribution in [3.8, 4) is 5.75 Å². The van der Waals surface area contributed by atoms with Crippen LogP contribution in [-0.4, -0.2) is 15.7 Å². The first-order valence-electron chi connectivity index (χ1n) is 6.42. The first-order valence-corrected chi connectivity index (χ1v) is 6.42. The van der Waals surface area contributed by atoms with Gasteiger partial charge in [-0.1, -0.05) is 17.7 Å². The monoisotopic (exact) mass is 270 g/mol. The van der Waals surface area contributed by atoms with Crippen molar-refractivity contribution in [2.24, 2.45) is 7.05 Å². The standard InChI is InChI=1S/C16H18N2O2/c1-11-7-12(2)16(13(3)8-11)20-15(19)6-5-14-9-17-18(4)10-14/h5-10H,1-4H3/b6-5+. The van der Waals surface area contributed by atoms with E-state index in [1.54, 1.807) is 17.0 Å². The third-order valence-corrected chi connectivity index (χ3v) is 2.94. The predicted molar refractivity (Wildman–Crippen MR) is 78.5 cm³/mol. The Bertz CT molecular complexity index is 646. The fourth-order valence-corrected chi connectivity index (χ4v) is 2.15. The highest BCUT2D eigenvalue weighted by Crippen LogP contribution is 2.24. The van der Waals surface area contributed by atoms with E-state index in [-0.39, 0.29) is 5.97 Å². The summed E-state index contributed by atoms with van der Waals surface area (Å²) in [6, 6.07) is 4.00. The smallest absolute Gasteiger partial charge is 0.336 e. The lowest BCUT2D eigenvalue weighted by molar-refractivity contribution is -0.129. The van der Waals surface area contributed by atoms with Crippen LogP contribution in [0.4, 0.5) is 0 Å². The topological polar surface area (TPSA) is 44.1 Å². The van der Waals surface area contributed by atoms with Gasteiger partial charge in [-0.05, 0) is 38.0 Å². The van der Waals surface area contributed by atoms with E-state index in [0.29, 0.717) is 5.75 Å². The number of rotatable bonds is 3. The highest BCUT2D eigenvalue weighted by atomic mass is 16.5. The SMILES string of the molecule is Cc1cc(C)c(OC(=O)/C=C/c2cnn(C)c2)c(C)c1. The maximum absolute atomic E-state index is 11.8. The van der Waals surface area contributed by atoms with Gasteiger partial charge in [0.15, 0.2) is 0 Å². The van der Waals surface area contributed by atoms with Crippen molar-refractivity contribution in [1.29, 1.82) is 0 Å². The molecule has 4 nitrogen and oxygen atoms in total. The van der Waals surface area contributed by atoms with Crippen LogP contribution in [0.3, 0.4) is 0 Å². The minimum Gasteiger partial charge on any atom is -0.423 e. The Labute approximate surface area is 118 Å². The molecule has 0 unspecified atom stereocenters. The van der Waals surface area contributed by atoms with Gasteiger partial charge in [0, 0.05) is 24.9 Å². The fraction of sp³-hybridized carbons (Fsp3) is 0.250. The molecule has 0 amide bonds. The summed E-state index contributed by atoms with van der Waals surface area (Å²) in [5, 5.41) is 4.03. The molecule has 104 valence electrons. The van der Waals surface area contributed by atoms with E-state index in [2.05, 4.69) is 5.10 Å². The molecule has 0 fully saturated rings.